The zero-order valence-electron chi connectivity index (χ0n) is 11.9. The number of primary amides is 1. The standard InChI is InChI=1S/C16H10F5NO2/c17-11-7-10(16(19,20)21)8-12(18)15(11)24-13-4-2-1-3-9(13)5-6-14(22)23/h1-8H,(H2,22,23)/b6-5-. The van der Waals surface area contributed by atoms with Gasteiger partial charge in [0.1, 0.15) is 5.75 Å². The molecule has 0 heterocycles. The molecule has 2 N–H and O–H groups in total. The van der Waals surface area contributed by atoms with Crippen LogP contribution in [0.15, 0.2) is 42.5 Å². The van der Waals surface area contributed by atoms with Gasteiger partial charge in [0.2, 0.25) is 5.91 Å². The Hall–Kier alpha value is -2.90. The Balaban J connectivity index is 2.41. The second-order valence-electron chi connectivity index (χ2n) is 4.64. The summed E-state index contributed by atoms with van der Waals surface area (Å²) in [6.45, 7) is 0. The lowest BCUT2D eigenvalue weighted by Crippen LogP contribution is -2.07. The van der Waals surface area contributed by atoms with Crippen molar-refractivity contribution in [2.24, 2.45) is 5.73 Å². The molecule has 2 aromatic rings. The fourth-order valence-electron chi connectivity index (χ4n) is 1.81. The van der Waals surface area contributed by atoms with Gasteiger partial charge in [0.25, 0.3) is 0 Å². The quantitative estimate of drug-likeness (QED) is 0.666. The Morgan fingerprint density at radius 2 is 1.67 bits per heavy atom. The van der Waals surface area contributed by atoms with Crippen molar-refractivity contribution >= 4 is 12.0 Å². The van der Waals surface area contributed by atoms with Gasteiger partial charge in [-0.1, -0.05) is 18.2 Å². The number of hydrogen-bond donors (Lipinski definition) is 1. The number of amides is 1. The number of carbonyl (C=O) groups excluding carboxylic acids is 1. The minimum absolute atomic E-state index is 0.0624. The van der Waals surface area contributed by atoms with Gasteiger partial charge in [-0.2, -0.15) is 13.2 Å². The van der Waals surface area contributed by atoms with Crippen molar-refractivity contribution in [1.82, 2.24) is 0 Å². The number of benzene rings is 2. The maximum atomic E-state index is 13.8. The molecule has 0 aliphatic rings. The van der Waals surface area contributed by atoms with E-state index in [4.69, 9.17) is 10.5 Å². The molecule has 126 valence electrons. The second-order valence-corrected chi connectivity index (χ2v) is 4.64. The maximum Gasteiger partial charge on any atom is 0.416 e. The minimum atomic E-state index is -4.89. The molecule has 0 unspecified atom stereocenters. The van der Waals surface area contributed by atoms with Crippen LogP contribution in [0, 0.1) is 11.6 Å². The molecule has 0 saturated carbocycles. The molecular weight excluding hydrogens is 333 g/mol. The third kappa shape index (κ3) is 4.09. The highest BCUT2D eigenvalue weighted by atomic mass is 19.4. The van der Waals surface area contributed by atoms with E-state index in [0.717, 1.165) is 6.08 Å². The first-order valence-corrected chi connectivity index (χ1v) is 6.49. The molecule has 8 heteroatoms. The fraction of sp³-hybridized carbons (Fsp3) is 0.0625. The monoisotopic (exact) mass is 343 g/mol. The van der Waals surface area contributed by atoms with E-state index in [1.807, 2.05) is 0 Å². The smallest absolute Gasteiger partial charge is 0.416 e. The predicted octanol–water partition coefficient (Wildman–Crippen LogP) is 4.27. The molecule has 0 spiro atoms. The summed E-state index contributed by atoms with van der Waals surface area (Å²) >= 11 is 0. The third-order valence-electron chi connectivity index (χ3n) is 2.88. The summed E-state index contributed by atoms with van der Waals surface area (Å²) in [5.41, 5.74) is 3.75. The Bertz CT molecular complexity index is 776. The fourth-order valence-corrected chi connectivity index (χ4v) is 1.81. The zero-order valence-corrected chi connectivity index (χ0v) is 11.9. The summed E-state index contributed by atoms with van der Waals surface area (Å²) in [7, 11) is 0. The summed E-state index contributed by atoms with van der Waals surface area (Å²) in [4.78, 5) is 10.8. The van der Waals surface area contributed by atoms with E-state index < -0.39 is 35.0 Å². The van der Waals surface area contributed by atoms with Crippen LogP contribution in [0.3, 0.4) is 0 Å². The van der Waals surface area contributed by atoms with Crippen LogP contribution in [-0.2, 0) is 11.0 Å². The molecule has 0 bridgehead atoms. The lowest BCUT2D eigenvalue weighted by Gasteiger charge is -2.13. The van der Waals surface area contributed by atoms with Crippen molar-refractivity contribution in [1.29, 1.82) is 0 Å². The van der Waals surface area contributed by atoms with E-state index in [-0.39, 0.29) is 23.4 Å². The van der Waals surface area contributed by atoms with Crippen LogP contribution in [0.5, 0.6) is 11.5 Å². The van der Waals surface area contributed by atoms with Crippen LogP contribution in [0.25, 0.3) is 6.08 Å². The highest BCUT2D eigenvalue weighted by Gasteiger charge is 2.33. The summed E-state index contributed by atoms with van der Waals surface area (Å²) in [5.74, 6) is -4.81. The summed E-state index contributed by atoms with van der Waals surface area (Å²) in [5, 5.41) is 0. The predicted molar refractivity (Wildman–Crippen MR) is 76.1 cm³/mol. The third-order valence-corrected chi connectivity index (χ3v) is 2.88. The van der Waals surface area contributed by atoms with Crippen LogP contribution in [0.1, 0.15) is 11.1 Å². The highest BCUT2D eigenvalue weighted by molar-refractivity contribution is 5.90. The minimum Gasteiger partial charge on any atom is -0.451 e. The highest BCUT2D eigenvalue weighted by Crippen LogP contribution is 2.36. The number of hydrogen-bond acceptors (Lipinski definition) is 2. The normalized spacial score (nSPS) is 11.7. The van der Waals surface area contributed by atoms with Crippen molar-refractivity contribution < 1.29 is 31.5 Å². The molecule has 0 aromatic heterocycles. The topological polar surface area (TPSA) is 52.3 Å². The molecule has 2 rings (SSSR count). The van der Waals surface area contributed by atoms with Crippen molar-refractivity contribution in [3.05, 3.63) is 65.2 Å². The molecule has 0 aliphatic carbocycles. The van der Waals surface area contributed by atoms with Crippen LogP contribution in [0.2, 0.25) is 0 Å². The molecule has 0 fully saturated rings. The average Bonchev–Trinajstić information content (AvgIpc) is 2.48. The van der Waals surface area contributed by atoms with Crippen LogP contribution >= 0.6 is 0 Å². The van der Waals surface area contributed by atoms with E-state index in [9.17, 15) is 26.7 Å². The molecule has 0 radical (unpaired) electrons. The van der Waals surface area contributed by atoms with E-state index in [1.165, 1.54) is 24.3 Å². The number of nitrogens with two attached hydrogens (primary N) is 1. The van der Waals surface area contributed by atoms with Crippen molar-refractivity contribution in [2.45, 2.75) is 6.18 Å². The molecule has 0 atom stereocenters. The van der Waals surface area contributed by atoms with Gasteiger partial charge in [-0.25, -0.2) is 8.78 Å². The number of para-hydroxylation sites is 1. The Morgan fingerprint density at radius 3 is 2.21 bits per heavy atom. The van der Waals surface area contributed by atoms with Gasteiger partial charge < -0.3 is 10.5 Å². The van der Waals surface area contributed by atoms with E-state index in [2.05, 4.69) is 0 Å². The molecule has 0 aliphatic heterocycles. The van der Waals surface area contributed by atoms with Gasteiger partial charge >= 0.3 is 6.18 Å². The Morgan fingerprint density at radius 1 is 1.08 bits per heavy atom. The van der Waals surface area contributed by atoms with Gasteiger partial charge in [0.05, 0.1) is 5.56 Å². The number of rotatable bonds is 4. The molecular formula is C16H10F5NO2. The number of alkyl halides is 3. The molecule has 3 nitrogen and oxygen atoms in total. The second kappa shape index (κ2) is 6.69. The Labute approximate surface area is 133 Å². The van der Waals surface area contributed by atoms with Gasteiger partial charge in [0, 0.05) is 11.6 Å². The Kier molecular flexibility index (Phi) is 4.87. The van der Waals surface area contributed by atoms with E-state index >= 15 is 0 Å². The number of halogens is 5. The van der Waals surface area contributed by atoms with Gasteiger partial charge in [-0.3, -0.25) is 4.79 Å². The summed E-state index contributed by atoms with van der Waals surface area (Å²) in [6.07, 6.45) is -2.64. The van der Waals surface area contributed by atoms with Crippen molar-refractivity contribution in [2.75, 3.05) is 0 Å². The van der Waals surface area contributed by atoms with Crippen LogP contribution in [-0.4, -0.2) is 5.91 Å². The zero-order chi connectivity index (χ0) is 17.9. The molecule has 0 saturated heterocycles. The van der Waals surface area contributed by atoms with Crippen LogP contribution in [0.4, 0.5) is 22.0 Å². The molecule has 1 amide bonds. The first-order chi connectivity index (χ1) is 11.2. The first-order valence-electron chi connectivity index (χ1n) is 6.49. The van der Waals surface area contributed by atoms with Crippen molar-refractivity contribution in [3.63, 3.8) is 0 Å². The lowest BCUT2D eigenvalue weighted by atomic mass is 10.1. The summed E-state index contributed by atoms with van der Waals surface area (Å²) in [6, 6.07) is 6.12. The molecule has 2 aromatic carbocycles. The van der Waals surface area contributed by atoms with Crippen molar-refractivity contribution in [3.8, 4) is 11.5 Å². The first kappa shape index (κ1) is 17.5. The van der Waals surface area contributed by atoms with Gasteiger partial charge in [-0.15, -0.1) is 0 Å². The average molecular weight is 343 g/mol. The lowest BCUT2D eigenvalue weighted by molar-refractivity contribution is -0.138. The summed E-state index contributed by atoms with van der Waals surface area (Å²) < 4.78 is 70.2. The number of carbonyl (C=O) groups is 1. The number of ether oxygens (including phenoxy) is 1. The van der Waals surface area contributed by atoms with Gasteiger partial charge in [-0.05, 0) is 24.3 Å². The van der Waals surface area contributed by atoms with E-state index in [1.54, 1.807) is 6.07 Å². The van der Waals surface area contributed by atoms with E-state index in [0.29, 0.717) is 0 Å². The SMILES string of the molecule is NC(=O)/C=C\c1ccccc1Oc1c(F)cc(C(F)(F)F)cc1F. The van der Waals surface area contributed by atoms with Gasteiger partial charge in [0.15, 0.2) is 17.4 Å². The maximum absolute atomic E-state index is 13.8. The van der Waals surface area contributed by atoms with Crippen LogP contribution < -0.4 is 10.5 Å². The largest absolute Gasteiger partial charge is 0.451 e. The molecule has 24 heavy (non-hydrogen) atoms.